The first-order valence-electron chi connectivity index (χ1n) is 12.0. The number of fused-ring (bicyclic) bond motifs is 1. The summed E-state index contributed by atoms with van der Waals surface area (Å²) in [6.45, 7) is 4.00. The Bertz CT molecular complexity index is 1450. The first kappa shape index (κ1) is 27.9. The lowest BCUT2D eigenvalue weighted by Crippen LogP contribution is -2.36. The van der Waals surface area contributed by atoms with Gasteiger partial charge in [0.25, 0.3) is 6.43 Å². The number of halogens is 3. The van der Waals surface area contributed by atoms with E-state index in [4.69, 9.17) is 0 Å². The maximum absolute atomic E-state index is 13.8. The molecule has 9 nitrogen and oxygen atoms in total. The van der Waals surface area contributed by atoms with Crippen molar-refractivity contribution in [1.82, 2.24) is 24.7 Å². The van der Waals surface area contributed by atoms with Crippen molar-refractivity contribution in [1.29, 1.82) is 5.26 Å². The average molecular weight is 649 g/mol. The molecule has 1 aliphatic rings. The topological polar surface area (TPSA) is 107 Å². The number of hydrogen-bond acceptors (Lipinski definition) is 8. The minimum Gasteiger partial charge on any atom is -0.352 e. The molecule has 0 amide bonds. The number of imidazole rings is 1. The number of nitriles is 1. The Hall–Kier alpha value is -3.14. The fourth-order valence-corrected chi connectivity index (χ4v) is 5.62. The third-order valence-electron chi connectivity index (χ3n) is 5.53. The molecule has 13 heteroatoms. The number of aromatic nitrogens is 4. The van der Waals surface area contributed by atoms with Gasteiger partial charge in [-0.3, -0.25) is 4.34 Å². The molecular weight excluding hydrogens is 622 g/mol. The highest BCUT2D eigenvalue weighted by molar-refractivity contribution is 14.2. The van der Waals surface area contributed by atoms with E-state index in [1.54, 1.807) is 24.3 Å². The van der Waals surface area contributed by atoms with Crippen LogP contribution < -0.4 is 21.1 Å². The first-order chi connectivity index (χ1) is 18.5. The minimum absolute atomic E-state index is 0.0268. The zero-order valence-electron chi connectivity index (χ0n) is 21.0. The van der Waals surface area contributed by atoms with Crippen molar-refractivity contribution >= 4 is 68.3 Å². The van der Waals surface area contributed by atoms with Crippen molar-refractivity contribution in [2.45, 2.75) is 39.2 Å². The fraction of sp³-hybridized carbons (Fsp3) is 0.280. The van der Waals surface area contributed by atoms with Crippen LogP contribution in [-0.2, 0) is 0 Å². The monoisotopic (exact) mass is 649 g/mol. The van der Waals surface area contributed by atoms with Gasteiger partial charge in [-0.15, -0.1) is 0 Å². The third-order valence-corrected chi connectivity index (χ3v) is 7.59. The zero-order valence-corrected chi connectivity index (χ0v) is 24.2. The van der Waals surface area contributed by atoms with Gasteiger partial charge >= 0.3 is 0 Å². The molecule has 3 N–H and O–H groups in total. The normalized spacial score (nSPS) is 12.9. The van der Waals surface area contributed by atoms with Gasteiger partial charge in [0, 0.05) is 19.2 Å². The second-order valence-electron chi connectivity index (χ2n) is 8.17. The molecule has 1 aromatic carbocycles. The molecule has 198 valence electrons. The van der Waals surface area contributed by atoms with Crippen molar-refractivity contribution in [3.05, 3.63) is 60.0 Å². The Morgan fingerprint density at radius 3 is 2.50 bits per heavy atom. The second kappa shape index (κ2) is 12.6. The quantitative estimate of drug-likeness (QED) is 0.101. The predicted octanol–water partition coefficient (Wildman–Crippen LogP) is 7.04. The molecule has 1 fully saturated rings. The van der Waals surface area contributed by atoms with Crippen molar-refractivity contribution in [2.24, 2.45) is 0 Å². The number of pyridine rings is 2. The smallest absolute Gasteiger partial charge is 0.295 e. The summed E-state index contributed by atoms with van der Waals surface area (Å²) in [6, 6.07) is 16.9. The molecule has 0 aliphatic heterocycles. The van der Waals surface area contributed by atoms with E-state index in [1.807, 2.05) is 78.3 Å². The number of hydrazine groups is 1. The number of hydrogen-bond donors (Lipinski definition) is 3. The lowest BCUT2D eigenvalue weighted by molar-refractivity contribution is 0.140. The van der Waals surface area contributed by atoms with Crippen LogP contribution in [0.25, 0.3) is 11.2 Å². The average Bonchev–Trinajstić information content (AvgIpc) is 3.66. The summed E-state index contributed by atoms with van der Waals surface area (Å²) in [4.78, 5) is 13.1. The molecule has 0 saturated heterocycles. The molecule has 0 spiro atoms. The lowest BCUT2D eigenvalue weighted by Gasteiger charge is -2.24. The Morgan fingerprint density at radius 2 is 1.82 bits per heavy atom. The largest absolute Gasteiger partial charge is 0.352 e. The molecule has 1 unspecified atom stereocenters. The van der Waals surface area contributed by atoms with E-state index < -0.39 is 6.43 Å². The van der Waals surface area contributed by atoms with Crippen LogP contribution in [0, 0.1) is 11.3 Å². The van der Waals surface area contributed by atoms with Gasteiger partial charge < -0.3 is 15.6 Å². The first-order valence-corrected chi connectivity index (χ1v) is 16.1. The lowest BCUT2D eigenvalue weighted by atomic mass is 10.2. The van der Waals surface area contributed by atoms with Gasteiger partial charge in [0.2, 0.25) is 0 Å². The van der Waals surface area contributed by atoms with E-state index in [9.17, 15) is 14.0 Å². The van der Waals surface area contributed by atoms with E-state index >= 15 is 0 Å². The van der Waals surface area contributed by atoms with E-state index in [2.05, 4.69) is 31.0 Å². The Kier molecular flexibility index (Phi) is 9.25. The molecule has 1 saturated carbocycles. The van der Waals surface area contributed by atoms with Crippen molar-refractivity contribution in [2.75, 3.05) is 22.7 Å². The number of anilines is 5. The number of para-hydroxylation sites is 2. The fourth-order valence-electron chi connectivity index (χ4n) is 3.72. The van der Waals surface area contributed by atoms with E-state index in [0.717, 1.165) is 24.2 Å². The standard InChI is InChI=1S/C23H21F2IN9P.C2H6/c1-34(33-13-9-10-13)17-7-3-2-6-15(17)29-16-11-19(30-18-8-4-5-14(12-27)28-18)31-22-20(16)32-23(21(24)25)35(22)36-26;1-2/h2-8,11,13,21,33,36H,9-10H2,1H3,(H2,28,29,30,31);1-2H3. The summed E-state index contributed by atoms with van der Waals surface area (Å²) in [5.41, 5.74) is 6.55. The van der Waals surface area contributed by atoms with Gasteiger partial charge in [0.05, 0.1) is 23.4 Å². The van der Waals surface area contributed by atoms with Crippen LogP contribution in [-0.4, -0.2) is 32.4 Å². The predicted molar refractivity (Wildman–Crippen MR) is 158 cm³/mol. The van der Waals surface area contributed by atoms with Crippen molar-refractivity contribution < 1.29 is 8.78 Å². The molecular formula is C25H27F2IN9P. The number of nitrogens with zero attached hydrogens (tertiary/aromatic N) is 6. The minimum atomic E-state index is -2.75. The number of alkyl halides is 2. The van der Waals surface area contributed by atoms with Gasteiger partial charge in [-0.05, 0) is 59.1 Å². The van der Waals surface area contributed by atoms with Crippen molar-refractivity contribution in [3.8, 4) is 6.07 Å². The van der Waals surface area contributed by atoms with Crippen LogP contribution in [0.2, 0.25) is 0 Å². The van der Waals surface area contributed by atoms with Crippen LogP contribution in [0.5, 0.6) is 0 Å². The maximum atomic E-state index is 13.8. The van der Waals surface area contributed by atoms with Crippen LogP contribution in [0.4, 0.5) is 37.5 Å². The molecule has 1 atom stereocenters. The molecule has 1 aliphatic carbocycles. The molecule has 0 radical (unpaired) electrons. The third kappa shape index (κ3) is 6.28. The summed E-state index contributed by atoms with van der Waals surface area (Å²) in [5.74, 6) is 0.458. The van der Waals surface area contributed by atoms with Gasteiger partial charge in [0.15, 0.2) is 11.5 Å². The van der Waals surface area contributed by atoms with E-state index in [-0.39, 0.29) is 17.9 Å². The molecule has 0 bridgehead atoms. The summed E-state index contributed by atoms with van der Waals surface area (Å²) in [6.07, 6.45) is -0.514. The van der Waals surface area contributed by atoms with Gasteiger partial charge in [-0.2, -0.15) is 5.26 Å². The zero-order chi connectivity index (χ0) is 27.2. The Morgan fingerprint density at radius 1 is 1.05 bits per heavy atom. The Labute approximate surface area is 234 Å². The molecule has 3 heterocycles. The second-order valence-corrected chi connectivity index (χ2v) is 10.2. The van der Waals surface area contributed by atoms with Crippen molar-refractivity contribution in [3.63, 3.8) is 0 Å². The summed E-state index contributed by atoms with van der Waals surface area (Å²) in [7, 11) is 1.95. The number of rotatable bonds is 9. The molecule has 5 rings (SSSR count). The van der Waals surface area contributed by atoms with Crippen LogP contribution in [0.15, 0.2) is 48.5 Å². The maximum Gasteiger partial charge on any atom is 0.295 e. The number of benzene rings is 1. The molecule has 38 heavy (non-hydrogen) atoms. The number of nitrogens with one attached hydrogen (secondary N) is 3. The summed E-state index contributed by atoms with van der Waals surface area (Å²) in [5, 5.41) is 17.6. The Balaban J connectivity index is 0.00000164. The summed E-state index contributed by atoms with van der Waals surface area (Å²) >= 11 is 2.04. The summed E-state index contributed by atoms with van der Waals surface area (Å²) < 4.78 is 29.1. The SMILES string of the molecule is CC.CN(NC1CC1)c1ccccc1Nc1cc(Nc2cccc(C#N)n2)nc2c1nc(C(F)F)n2PI. The van der Waals surface area contributed by atoms with E-state index in [1.165, 1.54) is 4.34 Å². The van der Waals surface area contributed by atoms with Gasteiger partial charge in [0.1, 0.15) is 28.9 Å². The van der Waals surface area contributed by atoms with Crippen LogP contribution in [0.3, 0.4) is 0 Å². The molecule has 4 aromatic rings. The highest BCUT2D eigenvalue weighted by Crippen LogP contribution is 2.39. The van der Waals surface area contributed by atoms with Gasteiger partial charge in [-0.25, -0.2) is 29.2 Å². The highest BCUT2D eigenvalue weighted by Gasteiger charge is 2.25. The van der Waals surface area contributed by atoms with Crippen LogP contribution in [0.1, 0.15) is 44.6 Å². The highest BCUT2D eigenvalue weighted by atomic mass is 127. The van der Waals surface area contributed by atoms with Gasteiger partial charge in [-0.1, -0.05) is 32.0 Å². The van der Waals surface area contributed by atoms with E-state index in [0.29, 0.717) is 34.5 Å². The van der Waals surface area contributed by atoms with Crippen LogP contribution >= 0.6 is 28.4 Å². The molecule has 3 aromatic heterocycles.